The first-order valence-corrected chi connectivity index (χ1v) is 10.5. The molecule has 0 aliphatic heterocycles. The van der Waals surface area contributed by atoms with Gasteiger partial charge in [0.05, 0.1) is 6.42 Å². The quantitative estimate of drug-likeness (QED) is 0.672. The molecule has 2 amide bonds. The summed E-state index contributed by atoms with van der Waals surface area (Å²) in [7, 11) is 0. The molecule has 156 valence electrons. The molecule has 4 nitrogen and oxygen atoms in total. The van der Waals surface area contributed by atoms with Gasteiger partial charge in [0, 0.05) is 17.6 Å². The van der Waals surface area contributed by atoms with Crippen LogP contribution in [0.25, 0.3) is 0 Å². The van der Waals surface area contributed by atoms with Crippen molar-refractivity contribution in [1.82, 2.24) is 10.2 Å². The summed E-state index contributed by atoms with van der Waals surface area (Å²) in [5, 5.41) is 3.60. The third-order valence-electron chi connectivity index (χ3n) is 5.05. The molecular weight excluding hydrogens is 384 g/mol. The molecule has 0 saturated heterocycles. The van der Waals surface area contributed by atoms with Crippen molar-refractivity contribution in [3.63, 3.8) is 0 Å². The van der Waals surface area contributed by atoms with Crippen molar-refractivity contribution in [2.75, 3.05) is 0 Å². The number of carbonyl (C=O) groups is 2. The largest absolute Gasteiger partial charge is 0.352 e. The highest BCUT2D eigenvalue weighted by molar-refractivity contribution is 6.30. The van der Waals surface area contributed by atoms with Gasteiger partial charge in [-0.15, -0.1) is 0 Å². The second-order valence-corrected chi connectivity index (χ2v) is 8.25. The van der Waals surface area contributed by atoms with Gasteiger partial charge in [-0.25, -0.2) is 0 Å². The third-order valence-corrected chi connectivity index (χ3v) is 5.28. The van der Waals surface area contributed by atoms with Crippen molar-refractivity contribution in [1.29, 1.82) is 0 Å². The van der Waals surface area contributed by atoms with E-state index in [1.54, 1.807) is 17.9 Å². The molecule has 1 N–H and O–H groups in total. The van der Waals surface area contributed by atoms with E-state index in [1.165, 1.54) is 0 Å². The first kappa shape index (κ1) is 23.0. The number of amides is 2. The molecule has 0 aromatic heterocycles. The van der Waals surface area contributed by atoms with Crippen LogP contribution in [0.1, 0.15) is 49.4 Å². The maximum atomic E-state index is 13.2. The number of nitrogens with zero attached hydrogens (tertiary/aromatic N) is 1. The van der Waals surface area contributed by atoms with Gasteiger partial charge >= 0.3 is 0 Å². The summed E-state index contributed by atoms with van der Waals surface area (Å²) in [6.07, 6.45) is 1.09. The molecule has 0 saturated carbocycles. The predicted molar refractivity (Wildman–Crippen MR) is 119 cm³/mol. The van der Waals surface area contributed by atoms with Crippen LogP contribution in [0.5, 0.6) is 0 Å². The Kier molecular flexibility index (Phi) is 8.27. The summed E-state index contributed by atoms with van der Waals surface area (Å²) in [6.45, 7) is 10.1. The number of carbonyl (C=O) groups excluding carboxylic acids is 2. The minimum Gasteiger partial charge on any atom is -0.352 e. The lowest BCUT2D eigenvalue weighted by atomic mass is 10.0. The van der Waals surface area contributed by atoms with E-state index in [0.29, 0.717) is 11.6 Å². The molecule has 0 spiro atoms. The summed E-state index contributed by atoms with van der Waals surface area (Å²) in [6, 6.07) is 13.0. The molecule has 5 heteroatoms. The number of aryl methyl sites for hydroxylation is 2. The number of benzene rings is 2. The highest BCUT2D eigenvalue weighted by atomic mass is 35.5. The number of nitrogens with one attached hydrogen (secondary N) is 1. The van der Waals surface area contributed by atoms with Crippen LogP contribution in [0.3, 0.4) is 0 Å². The smallest absolute Gasteiger partial charge is 0.242 e. The Labute approximate surface area is 179 Å². The topological polar surface area (TPSA) is 49.4 Å². The van der Waals surface area contributed by atoms with Crippen LogP contribution in [-0.4, -0.2) is 28.8 Å². The van der Waals surface area contributed by atoms with Gasteiger partial charge in [0.15, 0.2) is 0 Å². The zero-order chi connectivity index (χ0) is 21.6. The average molecular weight is 415 g/mol. The van der Waals surface area contributed by atoms with Crippen molar-refractivity contribution in [3.05, 3.63) is 69.7 Å². The molecule has 0 fully saturated rings. The monoisotopic (exact) mass is 414 g/mol. The van der Waals surface area contributed by atoms with Crippen molar-refractivity contribution >= 4 is 23.4 Å². The van der Waals surface area contributed by atoms with Crippen LogP contribution >= 0.6 is 11.6 Å². The first-order valence-electron chi connectivity index (χ1n) is 10.1. The summed E-state index contributed by atoms with van der Waals surface area (Å²) in [4.78, 5) is 27.6. The Bertz CT molecular complexity index is 845. The van der Waals surface area contributed by atoms with Crippen LogP contribution in [0.4, 0.5) is 0 Å². The normalized spacial score (nSPS) is 12.9. The highest BCUT2D eigenvalue weighted by Gasteiger charge is 2.27. The summed E-state index contributed by atoms with van der Waals surface area (Å²) in [5.74, 6) is -0.225. The van der Waals surface area contributed by atoms with E-state index in [4.69, 9.17) is 11.6 Å². The van der Waals surface area contributed by atoms with Gasteiger partial charge in [-0.05, 0) is 57.4 Å². The van der Waals surface area contributed by atoms with Crippen molar-refractivity contribution < 1.29 is 9.59 Å². The molecule has 29 heavy (non-hydrogen) atoms. The Hall–Kier alpha value is -2.33. The number of hydrogen-bond donors (Lipinski definition) is 1. The van der Waals surface area contributed by atoms with Gasteiger partial charge in [0.2, 0.25) is 11.8 Å². The molecule has 2 aromatic rings. The molecule has 0 unspecified atom stereocenters. The van der Waals surface area contributed by atoms with Gasteiger partial charge < -0.3 is 10.2 Å². The molecule has 0 radical (unpaired) electrons. The van der Waals surface area contributed by atoms with E-state index in [1.807, 2.05) is 58.0 Å². The zero-order valence-corrected chi connectivity index (χ0v) is 18.7. The number of hydrogen-bond acceptors (Lipinski definition) is 2. The number of halogens is 1. The van der Waals surface area contributed by atoms with E-state index in [2.05, 4.69) is 11.4 Å². The van der Waals surface area contributed by atoms with E-state index in [-0.39, 0.29) is 24.3 Å². The molecule has 2 rings (SSSR count). The minimum atomic E-state index is -0.582. The van der Waals surface area contributed by atoms with E-state index in [9.17, 15) is 9.59 Å². The Morgan fingerprint density at radius 2 is 1.69 bits per heavy atom. The summed E-state index contributed by atoms with van der Waals surface area (Å²) in [5.41, 5.74) is 4.10. The minimum absolute atomic E-state index is 0.0625. The van der Waals surface area contributed by atoms with E-state index < -0.39 is 6.04 Å². The summed E-state index contributed by atoms with van der Waals surface area (Å²) < 4.78 is 0. The molecule has 0 heterocycles. The second kappa shape index (κ2) is 10.4. The predicted octanol–water partition coefficient (Wildman–Crippen LogP) is 4.83. The van der Waals surface area contributed by atoms with Crippen LogP contribution < -0.4 is 5.32 Å². The lowest BCUT2D eigenvalue weighted by Crippen LogP contribution is -2.49. The fourth-order valence-corrected chi connectivity index (χ4v) is 3.54. The lowest BCUT2D eigenvalue weighted by molar-refractivity contribution is -0.140. The molecule has 0 bridgehead atoms. The van der Waals surface area contributed by atoms with Crippen molar-refractivity contribution in [3.8, 4) is 0 Å². The molecule has 0 aliphatic carbocycles. The van der Waals surface area contributed by atoms with Crippen LogP contribution in [0.15, 0.2) is 42.5 Å². The summed E-state index contributed by atoms with van der Waals surface area (Å²) >= 11 is 6.12. The number of rotatable bonds is 8. The van der Waals surface area contributed by atoms with Crippen LogP contribution in [0.2, 0.25) is 5.02 Å². The van der Waals surface area contributed by atoms with E-state index >= 15 is 0 Å². The second-order valence-electron chi connectivity index (χ2n) is 7.82. The van der Waals surface area contributed by atoms with Gasteiger partial charge in [-0.2, -0.15) is 0 Å². The van der Waals surface area contributed by atoms with Crippen LogP contribution in [-0.2, 0) is 22.6 Å². The molecule has 2 aromatic carbocycles. The molecule has 2 atom stereocenters. The Morgan fingerprint density at radius 1 is 1.03 bits per heavy atom. The maximum Gasteiger partial charge on any atom is 0.242 e. The van der Waals surface area contributed by atoms with Gasteiger partial charge in [0.1, 0.15) is 6.04 Å². The van der Waals surface area contributed by atoms with Crippen molar-refractivity contribution in [2.45, 2.75) is 66.1 Å². The lowest BCUT2D eigenvalue weighted by Gasteiger charge is -2.30. The SMILES string of the molecule is CC[C@H](C)NC(=O)[C@H](C)N(Cc1cccc(Cl)c1)C(=O)Cc1cc(C)cc(C)c1. The van der Waals surface area contributed by atoms with Gasteiger partial charge in [-0.3, -0.25) is 9.59 Å². The fraction of sp³-hybridized carbons (Fsp3) is 0.417. The maximum absolute atomic E-state index is 13.2. The third kappa shape index (κ3) is 6.90. The standard InChI is InChI=1S/C24H31ClN2O2/c1-6-18(4)26-24(29)19(5)27(15-20-8-7-9-22(25)13-20)23(28)14-21-11-16(2)10-17(3)12-21/h7-13,18-19H,6,14-15H2,1-5H3,(H,26,29)/t18-,19-/m0/s1. The zero-order valence-electron chi connectivity index (χ0n) is 18.0. The first-order chi connectivity index (χ1) is 13.7. The Balaban J connectivity index is 2.26. The van der Waals surface area contributed by atoms with Gasteiger partial charge in [-0.1, -0.05) is 60.0 Å². The fourth-order valence-electron chi connectivity index (χ4n) is 3.33. The van der Waals surface area contributed by atoms with Gasteiger partial charge in [0.25, 0.3) is 0 Å². The van der Waals surface area contributed by atoms with E-state index in [0.717, 1.165) is 28.7 Å². The highest BCUT2D eigenvalue weighted by Crippen LogP contribution is 2.17. The van der Waals surface area contributed by atoms with Crippen molar-refractivity contribution in [2.24, 2.45) is 0 Å². The molecular formula is C24H31ClN2O2. The molecule has 0 aliphatic rings. The average Bonchev–Trinajstić information content (AvgIpc) is 2.64. The van der Waals surface area contributed by atoms with Crippen LogP contribution in [0, 0.1) is 13.8 Å². The Morgan fingerprint density at radius 3 is 2.28 bits per heavy atom.